The van der Waals surface area contributed by atoms with Gasteiger partial charge >= 0.3 is 0 Å². The van der Waals surface area contributed by atoms with E-state index in [9.17, 15) is 5.11 Å². The third kappa shape index (κ3) is 11.3. The molecule has 1 aliphatic heterocycles. The average Bonchev–Trinajstić information content (AvgIpc) is 2.71. The van der Waals surface area contributed by atoms with Crippen LogP contribution in [0.25, 0.3) is 0 Å². The van der Waals surface area contributed by atoms with Crippen LogP contribution in [0, 0.1) is 0 Å². The highest BCUT2D eigenvalue weighted by Crippen LogP contribution is 2.28. The summed E-state index contributed by atoms with van der Waals surface area (Å²) < 4.78 is 39.3. The smallest absolute Gasteiger partial charge is 0.126 e. The summed E-state index contributed by atoms with van der Waals surface area (Å²) in [7, 11) is 0. The van der Waals surface area contributed by atoms with Crippen LogP contribution in [0.2, 0.25) is 0 Å². The fraction of sp³-hybridized carbons (Fsp3) is 0.700. The van der Waals surface area contributed by atoms with Gasteiger partial charge in [0.25, 0.3) is 0 Å². The fourth-order valence-corrected chi connectivity index (χ4v) is 3.07. The molecule has 0 saturated carbocycles. The molecule has 0 spiro atoms. The lowest BCUT2D eigenvalue weighted by atomic mass is 10.1. The largest absolute Gasteiger partial charge is 0.507 e. The number of aromatic hydroxyl groups is 1. The van der Waals surface area contributed by atoms with Crippen LogP contribution in [-0.2, 0) is 46.4 Å². The Bertz CT molecular complexity index is 514. The zero-order valence-corrected chi connectivity index (χ0v) is 18.3. The van der Waals surface area contributed by atoms with Crippen LogP contribution in [0.1, 0.15) is 11.1 Å². The SMILES string of the molecule is Oc1c2cc(Br)cc1COCCOCCOCCOCCOCCOCCOC2. The van der Waals surface area contributed by atoms with E-state index in [0.717, 1.165) is 4.47 Å². The van der Waals surface area contributed by atoms with E-state index in [1.807, 2.05) is 12.1 Å². The van der Waals surface area contributed by atoms with Crippen molar-refractivity contribution >= 4 is 15.9 Å². The lowest BCUT2D eigenvalue weighted by Gasteiger charge is -2.13. The Labute approximate surface area is 180 Å². The molecule has 0 amide bonds. The van der Waals surface area contributed by atoms with Crippen LogP contribution < -0.4 is 0 Å². The van der Waals surface area contributed by atoms with Crippen molar-refractivity contribution in [3.63, 3.8) is 0 Å². The molecule has 1 aromatic rings. The van der Waals surface area contributed by atoms with E-state index in [2.05, 4.69) is 15.9 Å². The van der Waals surface area contributed by atoms with Crippen LogP contribution in [0.15, 0.2) is 16.6 Å². The highest BCUT2D eigenvalue weighted by molar-refractivity contribution is 9.10. The Morgan fingerprint density at radius 1 is 0.517 bits per heavy atom. The molecule has 166 valence electrons. The molecule has 0 atom stereocenters. The van der Waals surface area contributed by atoms with Crippen molar-refractivity contribution in [2.24, 2.45) is 0 Å². The summed E-state index contributed by atoms with van der Waals surface area (Å²) in [5.41, 5.74) is 1.40. The van der Waals surface area contributed by atoms with Crippen molar-refractivity contribution in [3.05, 3.63) is 27.7 Å². The second-order valence-corrected chi connectivity index (χ2v) is 7.16. The van der Waals surface area contributed by atoms with E-state index >= 15 is 0 Å². The molecule has 9 heteroatoms. The van der Waals surface area contributed by atoms with E-state index in [0.29, 0.717) is 104 Å². The van der Waals surface area contributed by atoms with Gasteiger partial charge in [-0.2, -0.15) is 0 Å². The third-order valence-electron chi connectivity index (χ3n) is 3.98. The fourth-order valence-electron chi connectivity index (χ4n) is 2.52. The van der Waals surface area contributed by atoms with Gasteiger partial charge in [0.15, 0.2) is 0 Å². The number of rotatable bonds is 0. The van der Waals surface area contributed by atoms with E-state index < -0.39 is 0 Å². The Hall–Kier alpha value is -0.780. The Kier molecular flexibility index (Phi) is 13.5. The van der Waals surface area contributed by atoms with Gasteiger partial charge in [0.1, 0.15) is 5.75 Å². The quantitative estimate of drug-likeness (QED) is 0.607. The molecule has 29 heavy (non-hydrogen) atoms. The maximum atomic E-state index is 10.5. The number of hydrogen-bond donors (Lipinski definition) is 1. The molecule has 0 unspecified atom stereocenters. The number of phenols is 1. The summed E-state index contributed by atoms with van der Waals surface area (Å²) in [5, 5.41) is 10.5. The van der Waals surface area contributed by atoms with Crippen LogP contribution in [0.4, 0.5) is 0 Å². The Morgan fingerprint density at radius 2 is 0.793 bits per heavy atom. The first-order valence-corrected chi connectivity index (χ1v) is 10.6. The van der Waals surface area contributed by atoms with E-state index in [-0.39, 0.29) is 5.75 Å². The molecule has 0 aliphatic carbocycles. The number of ether oxygens (including phenoxy) is 7. The van der Waals surface area contributed by atoms with Gasteiger partial charge in [0.2, 0.25) is 0 Å². The number of phenolic OH excluding ortho intramolecular Hbond substituents is 1. The van der Waals surface area contributed by atoms with Gasteiger partial charge in [0, 0.05) is 15.6 Å². The zero-order chi connectivity index (χ0) is 20.6. The van der Waals surface area contributed by atoms with Gasteiger partial charge in [0.05, 0.1) is 92.5 Å². The maximum Gasteiger partial charge on any atom is 0.126 e. The summed E-state index contributed by atoms with van der Waals surface area (Å²) in [6, 6.07) is 3.67. The number of hydrogen-bond acceptors (Lipinski definition) is 8. The second-order valence-electron chi connectivity index (χ2n) is 6.24. The third-order valence-corrected chi connectivity index (χ3v) is 4.44. The molecule has 1 aromatic carbocycles. The van der Waals surface area contributed by atoms with Crippen LogP contribution in [0.5, 0.6) is 5.75 Å². The zero-order valence-electron chi connectivity index (χ0n) is 16.7. The molecule has 0 saturated heterocycles. The molecule has 1 aliphatic rings. The van der Waals surface area contributed by atoms with Crippen molar-refractivity contribution in [1.82, 2.24) is 0 Å². The molecular weight excluding hydrogens is 448 g/mol. The predicted molar refractivity (Wildman–Crippen MR) is 109 cm³/mol. The first-order valence-electron chi connectivity index (χ1n) is 9.82. The minimum Gasteiger partial charge on any atom is -0.507 e. The number of benzene rings is 1. The van der Waals surface area contributed by atoms with Gasteiger partial charge in [-0.1, -0.05) is 15.9 Å². The maximum absolute atomic E-state index is 10.5. The van der Waals surface area contributed by atoms with Gasteiger partial charge in [-0.15, -0.1) is 0 Å². The van der Waals surface area contributed by atoms with E-state index in [1.165, 1.54) is 0 Å². The summed E-state index contributed by atoms with van der Waals surface area (Å²) in [6.07, 6.45) is 0. The molecule has 1 heterocycles. The van der Waals surface area contributed by atoms with Crippen molar-refractivity contribution in [3.8, 4) is 5.75 Å². The standard InChI is InChI=1S/C20H31BrO8/c21-19-13-17-15-28-11-9-26-7-5-24-3-1-23-2-4-25-6-8-27-10-12-29-16-18(14-19)20(17)22/h13-14,22H,1-12,15-16H2. The van der Waals surface area contributed by atoms with Gasteiger partial charge < -0.3 is 38.3 Å². The second kappa shape index (κ2) is 16.0. The van der Waals surface area contributed by atoms with Gasteiger partial charge in [-0.25, -0.2) is 0 Å². The predicted octanol–water partition coefficient (Wildman–Crippen LogP) is 2.28. The van der Waals surface area contributed by atoms with Crippen molar-refractivity contribution < 1.29 is 38.3 Å². The lowest BCUT2D eigenvalue weighted by Crippen LogP contribution is -2.14. The molecule has 0 radical (unpaired) electrons. The molecule has 8 nitrogen and oxygen atoms in total. The van der Waals surface area contributed by atoms with Crippen LogP contribution in [0.3, 0.4) is 0 Å². The molecule has 0 fully saturated rings. The minimum absolute atomic E-state index is 0.188. The highest BCUT2D eigenvalue weighted by atomic mass is 79.9. The molecule has 0 aromatic heterocycles. The average molecular weight is 479 g/mol. The minimum atomic E-state index is 0.188. The topological polar surface area (TPSA) is 84.8 Å². The number of fused-ring (bicyclic) bond motifs is 2. The summed E-state index contributed by atoms with van der Waals surface area (Å²) in [4.78, 5) is 0. The summed E-state index contributed by atoms with van der Waals surface area (Å²) >= 11 is 3.47. The van der Waals surface area contributed by atoms with Crippen molar-refractivity contribution in [2.75, 3.05) is 79.3 Å². The molecule has 2 bridgehead atoms. The van der Waals surface area contributed by atoms with E-state index in [4.69, 9.17) is 33.2 Å². The van der Waals surface area contributed by atoms with Crippen LogP contribution >= 0.6 is 15.9 Å². The molecule has 1 N–H and O–H groups in total. The molecule has 2 rings (SSSR count). The highest BCUT2D eigenvalue weighted by Gasteiger charge is 2.10. The lowest BCUT2D eigenvalue weighted by molar-refractivity contribution is -0.0222. The summed E-state index contributed by atoms with van der Waals surface area (Å²) in [6.45, 7) is 6.46. The molecular formula is C20H31BrO8. The van der Waals surface area contributed by atoms with Gasteiger partial charge in [-0.05, 0) is 12.1 Å². The normalized spacial score (nSPS) is 20.6. The summed E-state index contributed by atoms with van der Waals surface area (Å²) in [5.74, 6) is 0.188. The van der Waals surface area contributed by atoms with Gasteiger partial charge in [-0.3, -0.25) is 0 Å². The first-order chi connectivity index (χ1) is 14.3. The Balaban J connectivity index is 1.79. The van der Waals surface area contributed by atoms with E-state index in [1.54, 1.807) is 0 Å². The monoisotopic (exact) mass is 478 g/mol. The number of halogens is 1. The van der Waals surface area contributed by atoms with Crippen molar-refractivity contribution in [2.45, 2.75) is 13.2 Å². The first kappa shape index (κ1) is 24.5. The van der Waals surface area contributed by atoms with Crippen LogP contribution in [-0.4, -0.2) is 84.4 Å². The van der Waals surface area contributed by atoms with Crippen molar-refractivity contribution in [1.29, 1.82) is 0 Å². The Morgan fingerprint density at radius 3 is 1.10 bits per heavy atom.